The molecule has 3 aliphatic rings. The van der Waals surface area contributed by atoms with Crippen LogP contribution in [-0.2, 0) is 21.0 Å². The Kier molecular flexibility index (Phi) is 8.79. The number of amides is 2. The molecule has 2 saturated heterocycles. The number of hydrogen-bond acceptors (Lipinski definition) is 8. The zero-order chi connectivity index (χ0) is 27.4. The van der Waals surface area contributed by atoms with Crippen molar-refractivity contribution in [2.75, 3.05) is 37.0 Å². The summed E-state index contributed by atoms with van der Waals surface area (Å²) in [7, 11) is 2.06. The molecule has 39 heavy (non-hydrogen) atoms. The zero-order valence-electron chi connectivity index (χ0n) is 22.1. The van der Waals surface area contributed by atoms with Crippen molar-refractivity contribution < 1.29 is 18.8 Å². The molecule has 2 amide bonds. The highest BCUT2D eigenvalue weighted by Gasteiger charge is 2.43. The van der Waals surface area contributed by atoms with Gasteiger partial charge in [-0.05, 0) is 43.0 Å². The lowest BCUT2D eigenvalue weighted by Gasteiger charge is -2.33. The van der Waals surface area contributed by atoms with Gasteiger partial charge in [0.1, 0.15) is 6.61 Å². The number of benzene rings is 1. The maximum Gasteiger partial charge on any atom is 0.243 e. The fraction of sp³-hybridized carbons (Fsp3) is 0.556. The van der Waals surface area contributed by atoms with Gasteiger partial charge in [-0.25, -0.2) is 5.06 Å². The Labute approximate surface area is 232 Å². The van der Waals surface area contributed by atoms with Crippen molar-refractivity contribution in [1.82, 2.24) is 25.4 Å². The average Bonchev–Trinajstić information content (AvgIpc) is 3.69. The second-order valence-corrected chi connectivity index (χ2v) is 11.1. The summed E-state index contributed by atoms with van der Waals surface area (Å²) in [5.41, 5.74) is 6.14. The second kappa shape index (κ2) is 12.4. The molecule has 3 heterocycles. The van der Waals surface area contributed by atoms with E-state index in [-0.39, 0.29) is 42.0 Å². The van der Waals surface area contributed by atoms with Crippen LogP contribution in [-0.4, -0.2) is 71.0 Å². The predicted octanol–water partition coefficient (Wildman–Crippen LogP) is 3.39. The molecule has 0 radical (unpaired) electrons. The smallest absolute Gasteiger partial charge is 0.243 e. The van der Waals surface area contributed by atoms with Gasteiger partial charge in [-0.3, -0.25) is 30.2 Å². The summed E-state index contributed by atoms with van der Waals surface area (Å²) in [6, 6.07) is 9.99. The van der Waals surface area contributed by atoms with Gasteiger partial charge in [0, 0.05) is 25.2 Å². The number of halogens is 2. The number of hydroxylamine groups is 2. The molecule has 2 N–H and O–H groups in total. The van der Waals surface area contributed by atoms with Crippen molar-refractivity contribution in [3.8, 4) is 0 Å². The number of anilines is 2. The fourth-order valence-corrected chi connectivity index (χ4v) is 6.18. The first-order valence-corrected chi connectivity index (χ1v) is 13.9. The molecule has 3 fully saturated rings. The van der Waals surface area contributed by atoms with Crippen LogP contribution in [0, 0.1) is 17.7 Å². The van der Waals surface area contributed by atoms with E-state index in [1.54, 1.807) is 0 Å². The van der Waals surface area contributed by atoms with Crippen LogP contribution in [0.25, 0.3) is 0 Å². The van der Waals surface area contributed by atoms with Gasteiger partial charge in [0.05, 0.1) is 12.5 Å². The summed E-state index contributed by atoms with van der Waals surface area (Å²) in [6.45, 7) is 1.76. The van der Waals surface area contributed by atoms with Crippen LogP contribution < -0.4 is 15.8 Å². The minimum atomic E-state index is -0.664. The molecule has 1 aromatic carbocycles. The number of hydrogen-bond donors (Lipinski definition) is 2. The van der Waals surface area contributed by atoms with Crippen LogP contribution in [0.1, 0.15) is 44.1 Å². The number of likely N-dealkylation sites (tertiary alicyclic amines) is 1. The Balaban J connectivity index is 1.24. The molecule has 0 unspecified atom stereocenters. The van der Waals surface area contributed by atoms with E-state index in [0.29, 0.717) is 31.3 Å². The maximum absolute atomic E-state index is 15.5. The van der Waals surface area contributed by atoms with Crippen LogP contribution in [0.5, 0.6) is 0 Å². The number of hydrazine groups is 1. The molecule has 1 saturated carbocycles. The van der Waals surface area contributed by atoms with E-state index in [1.807, 2.05) is 35.2 Å². The average molecular weight is 560 g/mol. The van der Waals surface area contributed by atoms with Crippen molar-refractivity contribution in [3.05, 3.63) is 47.0 Å². The summed E-state index contributed by atoms with van der Waals surface area (Å²) >= 11 is 6.15. The van der Waals surface area contributed by atoms with Crippen LogP contribution in [0.3, 0.4) is 0 Å². The van der Waals surface area contributed by atoms with E-state index >= 15 is 4.39 Å². The lowest BCUT2D eigenvalue weighted by Crippen LogP contribution is -2.45. The SMILES string of the molecule is CN1C[C@@H]2C[C@H]1CN2c1nc(Cl)nc(NNC(=O)[C@@H](CC2CCCC2)CN(C=O)OCc2ccccc2)c1F. The molecule has 5 rings (SSSR count). The maximum atomic E-state index is 15.5. The lowest BCUT2D eigenvalue weighted by atomic mass is 9.92. The van der Waals surface area contributed by atoms with E-state index in [0.717, 1.165) is 49.3 Å². The summed E-state index contributed by atoms with van der Waals surface area (Å²) in [5.74, 6) is -1.29. The Hall–Kier alpha value is -3.02. The van der Waals surface area contributed by atoms with Gasteiger partial charge in [-0.2, -0.15) is 14.4 Å². The van der Waals surface area contributed by atoms with E-state index in [1.165, 1.54) is 0 Å². The highest BCUT2D eigenvalue weighted by Crippen LogP contribution is 2.36. The highest BCUT2D eigenvalue weighted by atomic mass is 35.5. The topological polar surface area (TPSA) is 103 Å². The van der Waals surface area contributed by atoms with Gasteiger partial charge in [-0.1, -0.05) is 56.0 Å². The monoisotopic (exact) mass is 559 g/mol. The molecule has 10 nitrogen and oxygen atoms in total. The molecule has 2 bridgehead atoms. The number of piperazine rings is 1. The summed E-state index contributed by atoms with van der Waals surface area (Å²) in [6.07, 6.45) is 6.45. The van der Waals surface area contributed by atoms with Crippen LogP contribution in [0.4, 0.5) is 16.0 Å². The summed E-state index contributed by atoms with van der Waals surface area (Å²) in [4.78, 5) is 43.1. The van der Waals surface area contributed by atoms with Crippen LogP contribution in [0.2, 0.25) is 5.28 Å². The van der Waals surface area contributed by atoms with Crippen molar-refractivity contribution in [2.24, 2.45) is 11.8 Å². The number of nitrogens with one attached hydrogen (secondary N) is 2. The van der Waals surface area contributed by atoms with Gasteiger partial charge in [-0.15, -0.1) is 0 Å². The number of carbonyl (C=O) groups is 2. The minimum absolute atomic E-state index is 0.0724. The first kappa shape index (κ1) is 27.5. The molecule has 1 aliphatic carbocycles. The predicted molar refractivity (Wildman–Crippen MR) is 145 cm³/mol. The van der Waals surface area contributed by atoms with Gasteiger partial charge in [0.2, 0.25) is 23.4 Å². The van der Waals surface area contributed by atoms with E-state index in [2.05, 4.69) is 32.8 Å². The van der Waals surface area contributed by atoms with Crippen LogP contribution >= 0.6 is 11.6 Å². The third-order valence-corrected chi connectivity index (χ3v) is 8.29. The van der Waals surface area contributed by atoms with E-state index < -0.39 is 11.7 Å². The standard InChI is InChI=1S/C27H35ClFN7O3/c1-34-14-22-12-21(34)15-36(22)25-23(29)24(30-27(28)31-25)32-33-26(38)20(11-18-7-5-6-8-18)13-35(17-37)39-16-19-9-3-2-4-10-19/h2-4,9-10,17-18,20-22H,5-8,11-16H2,1H3,(H,33,38)(H,30,31,32)/t20-,21-,22-/m0/s1. The third kappa shape index (κ3) is 6.59. The number of aromatic nitrogens is 2. The number of rotatable bonds is 12. The molecule has 2 aromatic rings. The summed E-state index contributed by atoms with van der Waals surface area (Å²) in [5, 5.41) is 1.05. The Morgan fingerprint density at radius 2 is 2.00 bits per heavy atom. The largest absolute Gasteiger partial charge is 0.348 e. The van der Waals surface area contributed by atoms with E-state index in [4.69, 9.17) is 16.4 Å². The number of nitrogens with zero attached hydrogens (tertiary/aromatic N) is 5. The zero-order valence-corrected chi connectivity index (χ0v) is 22.8. The lowest BCUT2D eigenvalue weighted by molar-refractivity contribution is -0.182. The molecule has 1 aromatic heterocycles. The summed E-state index contributed by atoms with van der Waals surface area (Å²) < 4.78 is 15.5. The van der Waals surface area contributed by atoms with Crippen molar-refractivity contribution in [2.45, 2.75) is 57.2 Å². The quantitative estimate of drug-likeness (QED) is 0.232. The molecular formula is C27H35ClFN7O3. The Bertz CT molecular complexity index is 1150. The highest BCUT2D eigenvalue weighted by molar-refractivity contribution is 6.28. The van der Waals surface area contributed by atoms with Gasteiger partial charge >= 0.3 is 0 Å². The van der Waals surface area contributed by atoms with Crippen molar-refractivity contribution in [3.63, 3.8) is 0 Å². The van der Waals surface area contributed by atoms with E-state index in [9.17, 15) is 9.59 Å². The van der Waals surface area contributed by atoms with Crippen molar-refractivity contribution >= 4 is 35.6 Å². The minimum Gasteiger partial charge on any atom is -0.348 e. The molecule has 12 heteroatoms. The van der Waals surface area contributed by atoms with Gasteiger partial charge in [0.25, 0.3) is 0 Å². The Morgan fingerprint density at radius 3 is 2.67 bits per heavy atom. The normalized spacial score (nSPS) is 21.8. The van der Waals surface area contributed by atoms with Gasteiger partial charge < -0.3 is 4.90 Å². The van der Waals surface area contributed by atoms with Crippen molar-refractivity contribution in [1.29, 1.82) is 0 Å². The molecular weight excluding hydrogens is 525 g/mol. The second-order valence-electron chi connectivity index (χ2n) is 10.8. The Morgan fingerprint density at radius 1 is 1.23 bits per heavy atom. The fourth-order valence-electron chi connectivity index (χ4n) is 6.02. The van der Waals surface area contributed by atoms with Gasteiger partial charge in [0.15, 0.2) is 11.6 Å². The molecule has 210 valence electrons. The van der Waals surface area contributed by atoms with Crippen LogP contribution in [0.15, 0.2) is 30.3 Å². The number of fused-ring (bicyclic) bond motifs is 2. The first-order valence-electron chi connectivity index (χ1n) is 13.6. The molecule has 0 spiro atoms. The first-order chi connectivity index (χ1) is 18.9. The molecule has 3 atom stereocenters. The number of likely N-dealkylation sites (N-methyl/N-ethyl adjacent to an activating group) is 1. The third-order valence-electron chi connectivity index (χ3n) is 8.12. The number of carbonyl (C=O) groups excluding carboxylic acids is 2. The molecule has 2 aliphatic heterocycles.